The van der Waals surface area contributed by atoms with Crippen molar-refractivity contribution in [2.45, 2.75) is 33.4 Å². The second kappa shape index (κ2) is 9.08. The molecule has 0 aliphatic carbocycles. The van der Waals surface area contributed by atoms with Crippen LogP contribution in [0, 0.1) is 6.92 Å². The highest BCUT2D eigenvalue weighted by Gasteiger charge is 2.02. The van der Waals surface area contributed by atoms with Crippen molar-refractivity contribution >= 4 is 0 Å². The molecule has 1 heterocycles. The van der Waals surface area contributed by atoms with Gasteiger partial charge in [0.25, 0.3) is 0 Å². The van der Waals surface area contributed by atoms with Crippen molar-refractivity contribution < 1.29 is 9.47 Å². The average Bonchev–Trinajstić information content (AvgIpc) is 2.73. The smallest absolute Gasteiger partial charge is 0.0700 e. The Balaban J connectivity index is 2.06. The monoisotopic (exact) mass is 255 g/mol. The molecule has 0 spiro atoms. The van der Waals surface area contributed by atoms with Crippen LogP contribution in [0.2, 0.25) is 0 Å². The second-order valence-electron chi connectivity index (χ2n) is 4.23. The molecule has 5 heteroatoms. The van der Waals surface area contributed by atoms with Crippen LogP contribution in [-0.2, 0) is 22.6 Å². The molecule has 0 radical (unpaired) electrons. The van der Waals surface area contributed by atoms with E-state index >= 15 is 0 Å². The molecule has 1 rings (SSSR count). The van der Waals surface area contributed by atoms with E-state index in [1.807, 2.05) is 11.6 Å². The van der Waals surface area contributed by atoms with E-state index in [4.69, 9.17) is 9.47 Å². The molecule has 0 aliphatic rings. The lowest BCUT2D eigenvalue weighted by molar-refractivity contribution is 0.0694. The molecule has 104 valence electrons. The van der Waals surface area contributed by atoms with E-state index in [0.717, 1.165) is 38.4 Å². The fraction of sp³-hybridized carbons (Fsp3) is 0.769. The van der Waals surface area contributed by atoms with E-state index in [1.54, 1.807) is 7.11 Å². The highest BCUT2D eigenvalue weighted by atomic mass is 16.5. The Hall–Kier alpha value is -0.910. The molecule has 0 bridgehead atoms. The van der Waals surface area contributed by atoms with E-state index < -0.39 is 0 Å². The molecule has 1 aromatic rings. The summed E-state index contributed by atoms with van der Waals surface area (Å²) < 4.78 is 12.3. The highest BCUT2D eigenvalue weighted by molar-refractivity contribution is 5.08. The first-order valence-electron chi connectivity index (χ1n) is 6.58. The summed E-state index contributed by atoms with van der Waals surface area (Å²) in [6, 6.07) is 2.13. The summed E-state index contributed by atoms with van der Waals surface area (Å²) in [5.74, 6) is 0. The molecular formula is C13H25N3O2. The molecule has 0 aliphatic heterocycles. The van der Waals surface area contributed by atoms with Crippen LogP contribution in [0.25, 0.3) is 0 Å². The predicted molar refractivity (Wildman–Crippen MR) is 71.7 cm³/mol. The van der Waals surface area contributed by atoms with Gasteiger partial charge in [-0.2, -0.15) is 5.10 Å². The highest BCUT2D eigenvalue weighted by Crippen LogP contribution is 2.03. The Kier molecular flexibility index (Phi) is 7.64. The minimum absolute atomic E-state index is 0.669. The van der Waals surface area contributed by atoms with Gasteiger partial charge in [-0.25, -0.2) is 0 Å². The second-order valence-corrected chi connectivity index (χ2v) is 4.23. The summed E-state index contributed by atoms with van der Waals surface area (Å²) in [4.78, 5) is 0. The minimum Gasteiger partial charge on any atom is -0.382 e. The Morgan fingerprint density at radius 2 is 2.17 bits per heavy atom. The molecule has 0 saturated heterocycles. The van der Waals surface area contributed by atoms with Gasteiger partial charge in [0.05, 0.1) is 24.6 Å². The number of aryl methyl sites for hydroxylation is 2. The first kappa shape index (κ1) is 15.1. The summed E-state index contributed by atoms with van der Waals surface area (Å²) in [6.07, 6.45) is 1.02. The average molecular weight is 255 g/mol. The third-order valence-corrected chi connectivity index (χ3v) is 2.67. The molecule has 0 amide bonds. The number of rotatable bonds is 10. The van der Waals surface area contributed by atoms with E-state index in [9.17, 15) is 0 Å². The van der Waals surface area contributed by atoms with Crippen LogP contribution in [0.3, 0.4) is 0 Å². The largest absolute Gasteiger partial charge is 0.382 e. The van der Waals surface area contributed by atoms with Crippen molar-refractivity contribution in [2.24, 2.45) is 0 Å². The van der Waals surface area contributed by atoms with Crippen molar-refractivity contribution in [1.82, 2.24) is 15.1 Å². The first-order chi connectivity index (χ1) is 8.77. The fourth-order valence-corrected chi connectivity index (χ4v) is 1.78. The van der Waals surface area contributed by atoms with Gasteiger partial charge < -0.3 is 14.8 Å². The topological polar surface area (TPSA) is 48.3 Å². The Morgan fingerprint density at radius 3 is 2.89 bits per heavy atom. The quantitative estimate of drug-likeness (QED) is 0.641. The number of hydrogen-bond donors (Lipinski definition) is 1. The Morgan fingerprint density at radius 1 is 1.33 bits per heavy atom. The zero-order chi connectivity index (χ0) is 13.2. The first-order valence-corrected chi connectivity index (χ1v) is 6.58. The van der Waals surface area contributed by atoms with Gasteiger partial charge in [0, 0.05) is 26.8 Å². The standard InChI is InChI=1S/C13H25N3O2/c1-4-16-13(10-12(2)15-16)11-14-6-5-7-18-9-8-17-3/h10,14H,4-9,11H2,1-3H3. The van der Waals surface area contributed by atoms with Gasteiger partial charge >= 0.3 is 0 Å². The lowest BCUT2D eigenvalue weighted by atomic mass is 10.3. The van der Waals surface area contributed by atoms with E-state index in [-0.39, 0.29) is 0 Å². The van der Waals surface area contributed by atoms with Crippen molar-refractivity contribution in [1.29, 1.82) is 0 Å². The van der Waals surface area contributed by atoms with Gasteiger partial charge in [-0.05, 0) is 32.9 Å². The summed E-state index contributed by atoms with van der Waals surface area (Å²) in [7, 11) is 1.68. The van der Waals surface area contributed by atoms with Crippen LogP contribution in [-0.4, -0.2) is 43.3 Å². The summed E-state index contributed by atoms with van der Waals surface area (Å²) in [5.41, 5.74) is 2.33. The number of nitrogens with one attached hydrogen (secondary N) is 1. The SMILES string of the molecule is CCn1nc(C)cc1CNCCCOCCOC. The summed E-state index contributed by atoms with van der Waals surface area (Å²) in [5, 5.41) is 7.82. The molecule has 0 atom stereocenters. The van der Waals surface area contributed by atoms with Gasteiger partial charge in [0.1, 0.15) is 0 Å². The van der Waals surface area contributed by atoms with Crippen LogP contribution >= 0.6 is 0 Å². The molecule has 5 nitrogen and oxygen atoms in total. The molecule has 1 aromatic heterocycles. The lowest BCUT2D eigenvalue weighted by Crippen LogP contribution is -2.19. The van der Waals surface area contributed by atoms with Gasteiger partial charge in [-0.1, -0.05) is 0 Å². The van der Waals surface area contributed by atoms with Crippen LogP contribution in [0.1, 0.15) is 24.7 Å². The van der Waals surface area contributed by atoms with Crippen molar-refractivity contribution in [3.05, 3.63) is 17.5 Å². The molecule has 0 fully saturated rings. The fourth-order valence-electron chi connectivity index (χ4n) is 1.78. The van der Waals surface area contributed by atoms with Gasteiger partial charge in [0.15, 0.2) is 0 Å². The van der Waals surface area contributed by atoms with E-state index in [2.05, 4.69) is 23.4 Å². The Labute approximate surface area is 109 Å². The summed E-state index contributed by atoms with van der Waals surface area (Å²) >= 11 is 0. The van der Waals surface area contributed by atoms with Gasteiger partial charge in [0.2, 0.25) is 0 Å². The molecule has 0 saturated carbocycles. The number of ether oxygens (including phenoxy) is 2. The van der Waals surface area contributed by atoms with Crippen LogP contribution in [0.4, 0.5) is 0 Å². The third-order valence-electron chi connectivity index (χ3n) is 2.67. The van der Waals surface area contributed by atoms with Crippen LogP contribution in [0.5, 0.6) is 0 Å². The van der Waals surface area contributed by atoms with Gasteiger partial charge in [-0.15, -0.1) is 0 Å². The van der Waals surface area contributed by atoms with Gasteiger partial charge in [-0.3, -0.25) is 4.68 Å². The normalized spacial score (nSPS) is 11.1. The van der Waals surface area contributed by atoms with Crippen molar-refractivity contribution in [3.8, 4) is 0 Å². The molecular weight excluding hydrogens is 230 g/mol. The van der Waals surface area contributed by atoms with E-state index in [0.29, 0.717) is 13.2 Å². The zero-order valence-electron chi connectivity index (χ0n) is 11.7. The van der Waals surface area contributed by atoms with E-state index in [1.165, 1.54) is 5.69 Å². The molecule has 18 heavy (non-hydrogen) atoms. The predicted octanol–water partition coefficient (Wildman–Crippen LogP) is 1.35. The Bertz CT molecular complexity index is 326. The summed E-state index contributed by atoms with van der Waals surface area (Å²) in [6.45, 7) is 9.01. The van der Waals surface area contributed by atoms with Crippen molar-refractivity contribution in [3.63, 3.8) is 0 Å². The van der Waals surface area contributed by atoms with Crippen LogP contribution < -0.4 is 5.32 Å². The van der Waals surface area contributed by atoms with Crippen molar-refractivity contribution in [2.75, 3.05) is 33.5 Å². The maximum atomic E-state index is 5.39. The molecule has 0 aromatic carbocycles. The molecule has 0 unspecified atom stereocenters. The lowest BCUT2D eigenvalue weighted by Gasteiger charge is -2.07. The maximum Gasteiger partial charge on any atom is 0.0700 e. The minimum atomic E-state index is 0.669. The maximum absolute atomic E-state index is 5.39. The zero-order valence-corrected chi connectivity index (χ0v) is 11.7. The third kappa shape index (κ3) is 5.62. The number of nitrogens with zero attached hydrogens (tertiary/aromatic N) is 2. The van der Waals surface area contributed by atoms with Crippen LogP contribution in [0.15, 0.2) is 6.07 Å². The molecule has 1 N–H and O–H groups in total. The number of aromatic nitrogens is 2. The number of methoxy groups -OCH3 is 1. The number of hydrogen-bond acceptors (Lipinski definition) is 4.